The third-order valence-electron chi connectivity index (χ3n) is 5.35. The second-order valence-corrected chi connectivity index (χ2v) is 7.58. The number of ether oxygens (including phenoxy) is 3. The summed E-state index contributed by atoms with van der Waals surface area (Å²) in [5, 5.41) is 80.8. The van der Waals surface area contributed by atoms with E-state index in [9.17, 15) is 40.9 Å². The fourth-order valence-electron chi connectivity index (χ4n) is 3.59. The van der Waals surface area contributed by atoms with Crippen molar-refractivity contribution >= 4 is 5.76 Å². The molecule has 2 aliphatic rings. The second-order valence-electron chi connectivity index (χ2n) is 7.58. The van der Waals surface area contributed by atoms with Crippen LogP contribution in [0.3, 0.4) is 0 Å². The molecular formula is C21H22O11. The van der Waals surface area contributed by atoms with Crippen molar-refractivity contribution in [3.8, 4) is 28.7 Å². The molecule has 4 rings (SSSR count). The van der Waals surface area contributed by atoms with Gasteiger partial charge in [-0.2, -0.15) is 0 Å². The summed E-state index contributed by atoms with van der Waals surface area (Å²) in [5.41, 5.74) is -0.0229. The molecule has 6 atom stereocenters. The summed E-state index contributed by atoms with van der Waals surface area (Å²) in [4.78, 5) is 0. The molecule has 0 bridgehead atoms. The summed E-state index contributed by atoms with van der Waals surface area (Å²) in [6, 6.07) is 5.74. The quantitative estimate of drug-likeness (QED) is 0.297. The van der Waals surface area contributed by atoms with Gasteiger partial charge in [0.1, 0.15) is 41.7 Å². The van der Waals surface area contributed by atoms with Crippen molar-refractivity contribution in [1.29, 1.82) is 0 Å². The molecule has 2 aromatic rings. The van der Waals surface area contributed by atoms with Gasteiger partial charge in [0, 0.05) is 17.7 Å². The van der Waals surface area contributed by atoms with Crippen LogP contribution in [0.2, 0.25) is 0 Å². The Morgan fingerprint density at radius 3 is 2.22 bits per heavy atom. The maximum Gasteiger partial charge on any atom is 0.229 e. The van der Waals surface area contributed by atoms with Gasteiger partial charge in [-0.15, -0.1) is 0 Å². The van der Waals surface area contributed by atoms with Crippen molar-refractivity contribution < 1.29 is 55.1 Å². The first-order valence-electron chi connectivity index (χ1n) is 9.63. The number of benzene rings is 2. The van der Waals surface area contributed by atoms with E-state index in [0.29, 0.717) is 0 Å². The molecule has 11 heteroatoms. The Morgan fingerprint density at radius 2 is 1.53 bits per heavy atom. The molecule has 0 radical (unpaired) electrons. The van der Waals surface area contributed by atoms with Crippen molar-refractivity contribution in [3.63, 3.8) is 0 Å². The summed E-state index contributed by atoms with van der Waals surface area (Å²) >= 11 is 0. The van der Waals surface area contributed by atoms with E-state index in [1.165, 1.54) is 13.0 Å². The molecular weight excluding hydrogens is 428 g/mol. The lowest BCUT2D eigenvalue weighted by atomic mass is 9.98. The molecule has 2 aliphatic heterocycles. The van der Waals surface area contributed by atoms with E-state index < -0.39 is 54.1 Å². The van der Waals surface area contributed by atoms with Gasteiger partial charge in [-0.25, -0.2) is 0 Å². The minimum atomic E-state index is -1.70. The number of phenolic OH excluding ortho intramolecular Hbond substituents is 4. The second kappa shape index (κ2) is 8.04. The smallest absolute Gasteiger partial charge is 0.229 e. The lowest BCUT2D eigenvalue weighted by Gasteiger charge is -2.40. The maximum atomic E-state index is 11.0. The molecule has 11 nitrogen and oxygen atoms in total. The van der Waals surface area contributed by atoms with Gasteiger partial charge < -0.3 is 55.1 Å². The SMILES string of the molecule is C[C@@H]1O[C@@H](OC2=C(c3ccc(O)c(O)c3)Oc3cc(O)cc(O)c3[C@@H]2O)[C@H](O)[C@H](O)[C@H]1O. The predicted molar refractivity (Wildman–Crippen MR) is 105 cm³/mol. The minimum Gasteiger partial charge on any atom is -0.508 e. The van der Waals surface area contributed by atoms with Crippen LogP contribution in [0.25, 0.3) is 5.76 Å². The first-order chi connectivity index (χ1) is 15.1. The maximum absolute atomic E-state index is 11.0. The van der Waals surface area contributed by atoms with Gasteiger partial charge in [0.2, 0.25) is 6.29 Å². The van der Waals surface area contributed by atoms with Gasteiger partial charge in [-0.1, -0.05) is 0 Å². The van der Waals surface area contributed by atoms with E-state index in [1.807, 2.05) is 0 Å². The Labute approximate surface area is 181 Å². The first kappa shape index (κ1) is 22.0. The van der Waals surface area contributed by atoms with E-state index >= 15 is 0 Å². The normalized spacial score (nSPS) is 29.9. The molecule has 1 saturated heterocycles. The van der Waals surface area contributed by atoms with Crippen LogP contribution in [0.4, 0.5) is 0 Å². The number of phenols is 4. The molecule has 32 heavy (non-hydrogen) atoms. The van der Waals surface area contributed by atoms with Crippen molar-refractivity contribution in [2.75, 3.05) is 0 Å². The topological polar surface area (TPSA) is 190 Å². The molecule has 2 aromatic carbocycles. The number of hydrogen-bond acceptors (Lipinski definition) is 11. The van der Waals surface area contributed by atoms with Crippen LogP contribution in [0.5, 0.6) is 28.7 Å². The van der Waals surface area contributed by atoms with Crippen LogP contribution >= 0.6 is 0 Å². The summed E-state index contributed by atoms with van der Waals surface area (Å²) < 4.78 is 16.8. The van der Waals surface area contributed by atoms with Crippen molar-refractivity contribution in [3.05, 3.63) is 47.2 Å². The average Bonchev–Trinajstić information content (AvgIpc) is 2.73. The van der Waals surface area contributed by atoms with Crippen LogP contribution in [-0.4, -0.2) is 71.6 Å². The molecule has 0 aliphatic carbocycles. The van der Waals surface area contributed by atoms with Crippen molar-refractivity contribution in [1.82, 2.24) is 0 Å². The van der Waals surface area contributed by atoms with Gasteiger partial charge in [-0.3, -0.25) is 0 Å². The number of aliphatic hydroxyl groups excluding tert-OH is 4. The van der Waals surface area contributed by atoms with E-state index in [0.717, 1.165) is 24.3 Å². The van der Waals surface area contributed by atoms with Gasteiger partial charge in [0.15, 0.2) is 23.0 Å². The zero-order chi connectivity index (χ0) is 23.3. The fraction of sp³-hybridized carbons (Fsp3) is 0.333. The highest BCUT2D eigenvalue weighted by atomic mass is 16.7. The Hall–Kier alpha value is -3.22. The third-order valence-corrected chi connectivity index (χ3v) is 5.35. The van der Waals surface area contributed by atoms with E-state index in [4.69, 9.17) is 14.2 Å². The molecule has 0 amide bonds. The number of aliphatic hydroxyl groups is 4. The summed E-state index contributed by atoms with van der Waals surface area (Å²) in [6.45, 7) is 1.45. The van der Waals surface area contributed by atoms with Gasteiger partial charge in [-0.05, 0) is 25.1 Å². The summed E-state index contributed by atoms with van der Waals surface area (Å²) in [6.07, 6.45) is -8.85. The zero-order valence-electron chi connectivity index (χ0n) is 16.7. The highest BCUT2D eigenvalue weighted by Gasteiger charge is 2.45. The Kier molecular flexibility index (Phi) is 5.53. The summed E-state index contributed by atoms with van der Waals surface area (Å²) in [5.74, 6) is -2.42. The summed E-state index contributed by atoms with van der Waals surface area (Å²) in [7, 11) is 0. The van der Waals surface area contributed by atoms with Gasteiger partial charge >= 0.3 is 0 Å². The van der Waals surface area contributed by atoms with Crippen LogP contribution in [0, 0.1) is 0 Å². The molecule has 172 valence electrons. The number of hydrogen-bond donors (Lipinski definition) is 8. The number of fused-ring (bicyclic) bond motifs is 1. The van der Waals surface area contributed by atoms with E-state index in [-0.39, 0.29) is 34.1 Å². The van der Waals surface area contributed by atoms with Crippen LogP contribution in [0.1, 0.15) is 24.2 Å². The van der Waals surface area contributed by atoms with Crippen LogP contribution in [0.15, 0.2) is 36.1 Å². The minimum absolute atomic E-state index is 0.112. The highest BCUT2D eigenvalue weighted by Crippen LogP contribution is 2.48. The standard InChI is InChI=1S/C21H22O11/c1-7-15(26)17(28)18(29)21(30-7)32-20-16(27)14-12(25)5-9(22)6-13(14)31-19(20)8-2-3-10(23)11(24)4-8/h2-7,15-18,21-29H,1H3/t7-,15-,16-,17+,18+,21-/m0/s1. The van der Waals surface area contributed by atoms with Crippen LogP contribution in [-0.2, 0) is 9.47 Å². The average molecular weight is 450 g/mol. The van der Waals surface area contributed by atoms with Crippen molar-refractivity contribution in [2.45, 2.75) is 43.7 Å². The molecule has 1 fully saturated rings. The molecule has 0 aromatic heterocycles. The molecule has 0 unspecified atom stereocenters. The third kappa shape index (κ3) is 3.66. The number of aromatic hydroxyl groups is 4. The predicted octanol–water partition coefficient (Wildman–Crippen LogP) is 0.148. The van der Waals surface area contributed by atoms with Gasteiger partial charge in [0.05, 0.1) is 11.7 Å². The lowest BCUT2D eigenvalue weighted by Crippen LogP contribution is -2.57. The number of rotatable bonds is 3. The lowest BCUT2D eigenvalue weighted by molar-refractivity contribution is -0.285. The monoisotopic (exact) mass is 450 g/mol. The Bertz CT molecular complexity index is 1070. The van der Waals surface area contributed by atoms with Crippen LogP contribution < -0.4 is 4.74 Å². The highest BCUT2D eigenvalue weighted by molar-refractivity contribution is 5.72. The molecule has 8 N–H and O–H groups in total. The molecule has 0 spiro atoms. The zero-order valence-corrected chi connectivity index (χ0v) is 16.7. The van der Waals surface area contributed by atoms with Crippen molar-refractivity contribution in [2.24, 2.45) is 0 Å². The Morgan fingerprint density at radius 1 is 0.812 bits per heavy atom. The molecule has 2 heterocycles. The fourth-order valence-corrected chi connectivity index (χ4v) is 3.59. The first-order valence-corrected chi connectivity index (χ1v) is 9.63. The largest absolute Gasteiger partial charge is 0.508 e. The van der Waals surface area contributed by atoms with E-state index in [2.05, 4.69) is 0 Å². The molecule has 0 saturated carbocycles. The Balaban J connectivity index is 1.81. The van der Waals surface area contributed by atoms with E-state index in [1.54, 1.807) is 0 Å². The van der Waals surface area contributed by atoms with Gasteiger partial charge in [0.25, 0.3) is 0 Å².